The minimum absolute atomic E-state index is 0.0469. The monoisotopic (exact) mass is 454 g/mol. The standard InChI is InChI=1S/C23H20F2N4O2S/c24-21(25)18-13-15(29-7-9-31-10-8-29)4-5-16(18)19-12-14-2-1-3-17(20(14)27-19)22(30)28-23-26-6-11-32-23/h1-6,11,13,21H,7-10,12H2,(H,26,28,30). The number of aliphatic imine (C=N–C) groups is 1. The van der Waals surface area contributed by atoms with Gasteiger partial charge in [-0.25, -0.2) is 13.8 Å². The molecule has 1 amide bonds. The van der Waals surface area contributed by atoms with E-state index in [0.29, 0.717) is 60.4 Å². The minimum Gasteiger partial charge on any atom is -0.378 e. The lowest BCUT2D eigenvalue weighted by Gasteiger charge is -2.29. The van der Waals surface area contributed by atoms with Crippen LogP contribution in [0.2, 0.25) is 0 Å². The minimum atomic E-state index is -2.63. The molecule has 3 aromatic rings. The Hall–Kier alpha value is -3.17. The van der Waals surface area contributed by atoms with Crippen LogP contribution in [0.25, 0.3) is 0 Å². The van der Waals surface area contributed by atoms with E-state index in [-0.39, 0.29) is 11.5 Å². The highest BCUT2D eigenvalue weighted by molar-refractivity contribution is 7.13. The zero-order chi connectivity index (χ0) is 22.1. The zero-order valence-electron chi connectivity index (χ0n) is 17.1. The Balaban J connectivity index is 1.47. The van der Waals surface area contributed by atoms with E-state index < -0.39 is 6.43 Å². The van der Waals surface area contributed by atoms with Gasteiger partial charge in [-0.15, -0.1) is 11.3 Å². The molecule has 1 N–H and O–H groups in total. The molecule has 1 aromatic heterocycles. The number of fused-ring (bicyclic) bond motifs is 1. The third-order valence-corrected chi connectivity index (χ3v) is 6.27. The number of para-hydroxylation sites is 1. The Morgan fingerprint density at radius 2 is 2.03 bits per heavy atom. The SMILES string of the molecule is O=C(Nc1nccs1)c1cccc2c1N=C(c1ccc(N3CCOCC3)cc1C(F)F)C2. The van der Waals surface area contributed by atoms with E-state index in [9.17, 15) is 13.6 Å². The summed E-state index contributed by atoms with van der Waals surface area (Å²) in [5.74, 6) is -0.321. The summed E-state index contributed by atoms with van der Waals surface area (Å²) in [6, 6.07) is 10.5. The normalized spacial score (nSPS) is 15.6. The van der Waals surface area contributed by atoms with E-state index in [4.69, 9.17) is 4.74 Å². The first-order valence-corrected chi connectivity index (χ1v) is 11.1. The van der Waals surface area contributed by atoms with Gasteiger partial charge < -0.3 is 9.64 Å². The quantitative estimate of drug-likeness (QED) is 0.599. The number of anilines is 2. The maximum absolute atomic E-state index is 14.0. The van der Waals surface area contributed by atoms with Crippen LogP contribution in [0.1, 0.15) is 33.5 Å². The molecule has 9 heteroatoms. The van der Waals surface area contributed by atoms with E-state index in [0.717, 1.165) is 11.3 Å². The van der Waals surface area contributed by atoms with Gasteiger partial charge in [0.05, 0.1) is 30.2 Å². The highest BCUT2D eigenvalue weighted by Crippen LogP contribution is 2.36. The van der Waals surface area contributed by atoms with Crippen LogP contribution < -0.4 is 10.2 Å². The van der Waals surface area contributed by atoms with Gasteiger partial charge in [0.15, 0.2) is 5.13 Å². The maximum atomic E-state index is 14.0. The molecular formula is C23H20F2N4O2S. The summed E-state index contributed by atoms with van der Waals surface area (Å²) in [4.78, 5) is 23.5. The van der Waals surface area contributed by atoms with E-state index in [1.165, 1.54) is 11.3 Å². The summed E-state index contributed by atoms with van der Waals surface area (Å²) < 4.78 is 33.4. The van der Waals surface area contributed by atoms with E-state index >= 15 is 0 Å². The third-order valence-electron chi connectivity index (χ3n) is 5.58. The number of hydrogen-bond donors (Lipinski definition) is 1. The molecule has 0 saturated carbocycles. The number of carbonyl (C=O) groups excluding carboxylic acids is 1. The molecule has 0 spiro atoms. The Morgan fingerprint density at radius 3 is 2.78 bits per heavy atom. The summed E-state index contributed by atoms with van der Waals surface area (Å²) >= 11 is 1.32. The molecule has 1 saturated heterocycles. The summed E-state index contributed by atoms with van der Waals surface area (Å²) in [6.07, 6.45) is -0.631. The van der Waals surface area contributed by atoms with Crippen molar-refractivity contribution in [3.05, 3.63) is 70.2 Å². The summed E-state index contributed by atoms with van der Waals surface area (Å²) in [7, 11) is 0. The van der Waals surface area contributed by atoms with Crippen molar-refractivity contribution in [2.75, 3.05) is 36.5 Å². The number of ether oxygens (including phenoxy) is 1. The van der Waals surface area contributed by atoms with Gasteiger partial charge in [-0.2, -0.15) is 0 Å². The number of halogens is 2. The number of nitrogens with one attached hydrogen (secondary N) is 1. The van der Waals surface area contributed by atoms with Crippen LogP contribution in [0, 0.1) is 0 Å². The fourth-order valence-electron chi connectivity index (χ4n) is 4.02. The number of amides is 1. The predicted molar refractivity (Wildman–Crippen MR) is 121 cm³/mol. The van der Waals surface area contributed by atoms with Crippen LogP contribution in [-0.2, 0) is 11.2 Å². The molecule has 0 bridgehead atoms. The number of benzene rings is 2. The maximum Gasteiger partial charge on any atom is 0.264 e. The number of hydrogen-bond acceptors (Lipinski definition) is 6. The Morgan fingerprint density at radius 1 is 1.19 bits per heavy atom. The van der Waals surface area contributed by atoms with Gasteiger partial charge >= 0.3 is 0 Å². The molecule has 3 heterocycles. The lowest BCUT2D eigenvalue weighted by Crippen LogP contribution is -2.36. The molecule has 2 aliphatic rings. The van der Waals surface area contributed by atoms with Crippen molar-refractivity contribution in [3.8, 4) is 0 Å². The average molecular weight is 455 g/mol. The van der Waals surface area contributed by atoms with Gasteiger partial charge in [-0.1, -0.05) is 18.2 Å². The van der Waals surface area contributed by atoms with E-state index in [1.54, 1.807) is 35.8 Å². The molecule has 164 valence electrons. The Kier molecular flexibility index (Phi) is 5.67. The number of rotatable bonds is 5. The highest BCUT2D eigenvalue weighted by atomic mass is 32.1. The fourth-order valence-corrected chi connectivity index (χ4v) is 4.54. The van der Waals surface area contributed by atoms with Crippen LogP contribution in [0.5, 0.6) is 0 Å². The number of carbonyl (C=O) groups is 1. The molecule has 32 heavy (non-hydrogen) atoms. The lowest BCUT2D eigenvalue weighted by atomic mass is 9.98. The van der Waals surface area contributed by atoms with Gasteiger partial charge in [-0.05, 0) is 23.8 Å². The van der Waals surface area contributed by atoms with Crippen molar-refractivity contribution in [3.63, 3.8) is 0 Å². The zero-order valence-corrected chi connectivity index (χ0v) is 17.9. The molecular weight excluding hydrogens is 434 g/mol. The van der Waals surface area contributed by atoms with Gasteiger partial charge in [-0.3, -0.25) is 15.1 Å². The second-order valence-corrected chi connectivity index (χ2v) is 8.41. The largest absolute Gasteiger partial charge is 0.378 e. The number of thiazole rings is 1. The van der Waals surface area contributed by atoms with Crippen molar-refractivity contribution in [2.24, 2.45) is 4.99 Å². The molecule has 0 radical (unpaired) electrons. The first-order chi connectivity index (χ1) is 15.6. The summed E-state index contributed by atoms with van der Waals surface area (Å²) in [5, 5.41) is 5.02. The topological polar surface area (TPSA) is 66.8 Å². The molecule has 5 rings (SSSR count). The molecule has 6 nitrogen and oxygen atoms in total. The van der Waals surface area contributed by atoms with Crippen molar-refractivity contribution in [1.29, 1.82) is 0 Å². The first-order valence-electron chi connectivity index (χ1n) is 10.3. The number of aromatic nitrogens is 1. The van der Waals surface area contributed by atoms with Crippen LogP contribution in [0.3, 0.4) is 0 Å². The molecule has 1 fully saturated rings. The predicted octanol–water partition coefficient (Wildman–Crippen LogP) is 4.85. The highest BCUT2D eigenvalue weighted by Gasteiger charge is 2.26. The number of morpholine rings is 1. The lowest BCUT2D eigenvalue weighted by molar-refractivity contribution is 0.102. The fraction of sp³-hybridized carbons (Fsp3) is 0.261. The van der Waals surface area contributed by atoms with Crippen molar-refractivity contribution >= 4 is 39.5 Å². The van der Waals surface area contributed by atoms with E-state index in [1.807, 2.05) is 17.0 Å². The second kappa shape index (κ2) is 8.76. The van der Waals surface area contributed by atoms with Crippen LogP contribution in [0.4, 0.5) is 25.3 Å². The van der Waals surface area contributed by atoms with Crippen molar-refractivity contribution in [1.82, 2.24) is 4.98 Å². The summed E-state index contributed by atoms with van der Waals surface area (Å²) in [6.45, 7) is 2.51. The smallest absolute Gasteiger partial charge is 0.264 e. The van der Waals surface area contributed by atoms with Gasteiger partial charge in [0.2, 0.25) is 0 Å². The van der Waals surface area contributed by atoms with Gasteiger partial charge in [0, 0.05) is 47.9 Å². The van der Waals surface area contributed by atoms with Crippen LogP contribution in [0.15, 0.2) is 53.0 Å². The second-order valence-electron chi connectivity index (χ2n) is 7.51. The van der Waals surface area contributed by atoms with Gasteiger partial charge in [0.25, 0.3) is 12.3 Å². The van der Waals surface area contributed by atoms with E-state index in [2.05, 4.69) is 15.3 Å². The molecule has 0 unspecified atom stereocenters. The molecule has 2 aliphatic heterocycles. The number of alkyl halides is 2. The van der Waals surface area contributed by atoms with Crippen LogP contribution in [-0.4, -0.2) is 42.9 Å². The molecule has 0 atom stereocenters. The molecule has 2 aromatic carbocycles. The van der Waals surface area contributed by atoms with Gasteiger partial charge in [0.1, 0.15) is 0 Å². The third kappa shape index (κ3) is 4.01. The molecule has 0 aliphatic carbocycles. The Labute approximate surface area is 187 Å². The Bertz CT molecular complexity index is 1170. The summed E-state index contributed by atoms with van der Waals surface area (Å²) in [5.41, 5.74) is 3.42. The van der Waals surface area contributed by atoms with Crippen LogP contribution >= 0.6 is 11.3 Å². The average Bonchev–Trinajstić information content (AvgIpc) is 3.48. The number of nitrogens with zero attached hydrogens (tertiary/aromatic N) is 3. The van der Waals surface area contributed by atoms with Crippen molar-refractivity contribution < 1.29 is 18.3 Å². The van der Waals surface area contributed by atoms with Crippen molar-refractivity contribution in [2.45, 2.75) is 12.8 Å². The first kappa shape index (κ1) is 20.7.